The highest BCUT2D eigenvalue weighted by molar-refractivity contribution is 6.31. The molecule has 7 heteroatoms. The second kappa shape index (κ2) is 6.75. The van der Waals surface area contributed by atoms with Crippen molar-refractivity contribution in [3.8, 4) is 17.6 Å². The molecule has 2 aromatic heterocycles. The first kappa shape index (κ1) is 15.9. The molecule has 0 unspecified atom stereocenters. The van der Waals surface area contributed by atoms with Crippen LogP contribution >= 0.6 is 11.6 Å². The molecule has 0 fully saturated rings. The van der Waals surface area contributed by atoms with Gasteiger partial charge < -0.3 is 5.32 Å². The molecule has 4 rings (SSSR count). The Labute approximate surface area is 154 Å². The zero-order valence-corrected chi connectivity index (χ0v) is 14.1. The highest BCUT2D eigenvalue weighted by atomic mass is 35.5. The van der Waals surface area contributed by atoms with Crippen molar-refractivity contribution in [2.24, 2.45) is 0 Å². The average molecular weight is 359 g/mol. The molecular weight excluding hydrogens is 348 g/mol. The summed E-state index contributed by atoms with van der Waals surface area (Å²) in [5.41, 5.74) is 2.59. The van der Waals surface area contributed by atoms with Gasteiger partial charge in [-0.1, -0.05) is 17.7 Å². The summed E-state index contributed by atoms with van der Waals surface area (Å²) in [6.07, 6.45) is 4.79. The van der Waals surface area contributed by atoms with Crippen molar-refractivity contribution in [1.82, 2.24) is 19.9 Å². The van der Waals surface area contributed by atoms with Gasteiger partial charge in [0.2, 0.25) is 0 Å². The molecule has 0 radical (unpaired) electrons. The zero-order chi connectivity index (χ0) is 17.9. The lowest BCUT2D eigenvalue weighted by Gasteiger charge is -2.11. The van der Waals surface area contributed by atoms with E-state index in [0.717, 1.165) is 16.6 Å². The van der Waals surface area contributed by atoms with Gasteiger partial charge in [-0.3, -0.25) is 4.98 Å². The van der Waals surface area contributed by atoms with E-state index in [-0.39, 0.29) is 0 Å². The molecule has 0 atom stereocenters. The Kier molecular flexibility index (Phi) is 4.14. The number of fused-ring (bicyclic) bond motifs is 1. The van der Waals surface area contributed by atoms with E-state index in [2.05, 4.69) is 31.3 Å². The SMILES string of the molecule is N#Cc1cccc(Nc2nc(-c3cnccn3)nc3ccc(Cl)cc23)c1. The van der Waals surface area contributed by atoms with Gasteiger partial charge >= 0.3 is 0 Å². The highest BCUT2D eigenvalue weighted by Crippen LogP contribution is 2.29. The van der Waals surface area contributed by atoms with Crippen LogP contribution in [0.25, 0.3) is 22.4 Å². The number of nitrogens with zero attached hydrogens (tertiary/aromatic N) is 5. The Morgan fingerprint density at radius 1 is 1.04 bits per heavy atom. The molecule has 4 aromatic rings. The van der Waals surface area contributed by atoms with Crippen LogP contribution < -0.4 is 5.32 Å². The molecule has 26 heavy (non-hydrogen) atoms. The fraction of sp³-hybridized carbons (Fsp3) is 0. The van der Waals surface area contributed by atoms with Gasteiger partial charge in [-0.2, -0.15) is 5.26 Å². The zero-order valence-electron chi connectivity index (χ0n) is 13.4. The third kappa shape index (κ3) is 3.16. The van der Waals surface area contributed by atoms with Crippen LogP contribution in [-0.4, -0.2) is 19.9 Å². The molecule has 2 aromatic carbocycles. The first-order valence-electron chi connectivity index (χ1n) is 7.74. The van der Waals surface area contributed by atoms with E-state index in [1.165, 1.54) is 0 Å². The van der Waals surface area contributed by atoms with Crippen molar-refractivity contribution in [2.75, 3.05) is 5.32 Å². The minimum Gasteiger partial charge on any atom is -0.340 e. The van der Waals surface area contributed by atoms with Crippen LogP contribution in [0.15, 0.2) is 61.1 Å². The summed E-state index contributed by atoms with van der Waals surface area (Å²) in [6, 6.07) is 14.7. The van der Waals surface area contributed by atoms with Crippen molar-refractivity contribution in [3.63, 3.8) is 0 Å². The molecule has 2 heterocycles. The minimum atomic E-state index is 0.451. The normalized spacial score (nSPS) is 10.5. The number of nitrogens with one attached hydrogen (secondary N) is 1. The topological polar surface area (TPSA) is 87.4 Å². The van der Waals surface area contributed by atoms with Crippen LogP contribution in [0.5, 0.6) is 0 Å². The number of hydrogen-bond donors (Lipinski definition) is 1. The number of nitriles is 1. The lowest BCUT2D eigenvalue weighted by Crippen LogP contribution is -2.00. The Morgan fingerprint density at radius 3 is 2.77 bits per heavy atom. The fourth-order valence-electron chi connectivity index (χ4n) is 2.53. The summed E-state index contributed by atoms with van der Waals surface area (Å²) in [7, 11) is 0. The largest absolute Gasteiger partial charge is 0.340 e. The maximum absolute atomic E-state index is 9.09. The van der Waals surface area contributed by atoms with Gasteiger partial charge in [0.25, 0.3) is 0 Å². The lowest BCUT2D eigenvalue weighted by atomic mass is 10.2. The number of aromatic nitrogens is 4. The van der Waals surface area contributed by atoms with Crippen LogP contribution in [0, 0.1) is 11.3 Å². The van der Waals surface area contributed by atoms with E-state index in [1.807, 2.05) is 12.1 Å². The number of anilines is 2. The van der Waals surface area contributed by atoms with Gasteiger partial charge in [0.15, 0.2) is 5.82 Å². The van der Waals surface area contributed by atoms with E-state index in [0.29, 0.717) is 27.9 Å². The molecule has 1 N–H and O–H groups in total. The first-order valence-corrected chi connectivity index (χ1v) is 8.11. The average Bonchev–Trinajstić information content (AvgIpc) is 2.69. The second-order valence-corrected chi connectivity index (χ2v) is 5.90. The molecule has 6 nitrogen and oxygen atoms in total. The standard InChI is InChI=1S/C19H11ClN6/c20-13-4-5-16-15(9-13)18(24-14-3-1-2-12(8-14)10-21)26-19(25-16)17-11-22-6-7-23-17/h1-9,11H,(H,24,25,26). The van der Waals surface area contributed by atoms with E-state index < -0.39 is 0 Å². The van der Waals surface area contributed by atoms with Crippen molar-refractivity contribution in [2.45, 2.75) is 0 Å². The van der Waals surface area contributed by atoms with Crippen molar-refractivity contribution >= 4 is 34.0 Å². The molecule has 0 saturated heterocycles. The molecule has 0 aliphatic rings. The molecule has 0 aliphatic heterocycles. The van der Waals surface area contributed by atoms with E-state index in [4.69, 9.17) is 16.9 Å². The predicted octanol–water partition coefficient (Wildman–Crippen LogP) is 4.36. The molecular formula is C19H11ClN6. The molecule has 124 valence electrons. The summed E-state index contributed by atoms with van der Waals surface area (Å²) in [5, 5.41) is 13.7. The van der Waals surface area contributed by atoms with Gasteiger partial charge in [0.05, 0.1) is 23.3 Å². The summed E-state index contributed by atoms with van der Waals surface area (Å²) >= 11 is 6.15. The third-order valence-corrected chi connectivity index (χ3v) is 3.94. The Hall–Kier alpha value is -3.56. The Morgan fingerprint density at radius 2 is 1.96 bits per heavy atom. The van der Waals surface area contributed by atoms with E-state index >= 15 is 0 Å². The number of hydrogen-bond acceptors (Lipinski definition) is 6. The molecule has 0 bridgehead atoms. The van der Waals surface area contributed by atoms with E-state index in [1.54, 1.807) is 48.9 Å². The summed E-state index contributed by atoms with van der Waals surface area (Å²) < 4.78 is 0. The monoisotopic (exact) mass is 358 g/mol. The summed E-state index contributed by atoms with van der Waals surface area (Å²) in [4.78, 5) is 17.5. The molecule has 0 amide bonds. The van der Waals surface area contributed by atoms with Crippen molar-refractivity contribution < 1.29 is 0 Å². The van der Waals surface area contributed by atoms with Crippen LogP contribution in [-0.2, 0) is 0 Å². The molecule has 0 aliphatic carbocycles. The summed E-state index contributed by atoms with van der Waals surface area (Å²) in [5.74, 6) is 1.03. The Balaban J connectivity index is 1.88. The molecule has 0 spiro atoms. The second-order valence-electron chi connectivity index (χ2n) is 5.47. The lowest BCUT2D eigenvalue weighted by molar-refractivity contribution is 1.13. The van der Waals surface area contributed by atoms with Crippen LogP contribution in [0.3, 0.4) is 0 Å². The number of rotatable bonds is 3. The number of halogens is 1. The summed E-state index contributed by atoms with van der Waals surface area (Å²) in [6.45, 7) is 0. The van der Waals surface area contributed by atoms with Gasteiger partial charge in [0, 0.05) is 28.5 Å². The van der Waals surface area contributed by atoms with Gasteiger partial charge in [0.1, 0.15) is 11.5 Å². The van der Waals surface area contributed by atoms with Gasteiger partial charge in [-0.25, -0.2) is 15.0 Å². The maximum Gasteiger partial charge on any atom is 0.182 e. The minimum absolute atomic E-state index is 0.451. The van der Waals surface area contributed by atoms with Crippen LogP contribution in [0.4, 0.5) is 11.5 Å². The third-order valence-electron chi connectivity index (χ3n) is 3.70. The maximum atomic E-state index is 9.09. The van der Waals surface area contributed by atoms with Crippen molar-refractivity contribution in [1.29, 1.82) is 5.26 Å². The quantitative estimate of drug-likeness (QED) is 0.585. The van der Waals surface area contributed by atoms with Crippen molar-refractivity contribution in [3.05, 3.63) is 71.6 Å². The highest BCUT2D eigenvalue weighted by Gasteiger charge is 2.11. The van der Waals surface area contributed by atoms with E-state index in [9.17, 15) is 0 Å². The predicted molar refractivity (Wildman–Crippen MR) is 100 cm³/mol. The first-order chi connectivity index (χ1) is 12.7. The smallest absolute Gasteiger partial charge is 0.182 e. The molecule has 0 saturated carbocycles. The number of benzene rings is 2. The van der Waals surface area contributed by atoms with Gasteiger partial charge in [-0.05, 0) is 36.4 Å². The van der Waals surface area contributed by atoms with Crippen LogP contribution in [0.2, 0.25) is 5.02 Å². The van der Waals surface area contributed by atoms with Gasteiger partial charge in [-0.15, -0.1) is 0 Å². The van der Waals surface area contributed by atoms with Crippen LogP contribution in [0.1, 0.15) is 5.56 Å². The Bertz CT molecular complexity index is 1140. The fourth-order valence-corrected chi connectivity index (χ4v) is 2.70.